The molecule has 1 aromatic carbocycles. The molecule has 174 valence electrons. The number of nitrogens with zero attached hydrogens (tertiary/aromatic N) is 3. The molecule has 5 rings (SSSR count). The number of anilines is 1. The van der Waals surface area contributed by atoms with Crippen LogP contribution in [0.15, 0.2) is 29.1 Å². The average molecular weight is 467 g/mol. The van der Waals surface area contributed by atoms with E-state index in [2.05, 4.69) is 10.2 Å². The van der Waals surface area contributed by atoms with Crippen molar-refractivity contribution in [3.63, 3.8) is 0 Å². The molecule has 2 aliphatic rings. The van der Waals surface area contributed by atoms with Gasteiger partial charge in [0.05, 0.1) is 24.7 Å². The summed E-state index contributed by atoms with van der Waals surface area (Å²) in [5.41, 5.74) is 1.65. The standard InChI is InChI=1S/C25H30N4O3S/c1-16(23(30)26-18-10-4-5-11-19(18)32-2)29-21(15-28-13-7-8-14-28)27-24-22(25(29)31)17-9-3-6-12-20(17)33-24/h4-5,10-11,16H,3,6-9,12-15H2,1-2H3,(H,26,30). The Morgan fingerprint density at radius 3 is 2.73 bits per heavy atom. The van der Waals surface area contributed by atoms with Crippen LogP contribution in [0.4, 0.5) is 5.69 Å². The van der Waals surface area contributed by atoms with Gasteiger partial charge in [-0.05, 0) is 76.2 Å². The Labute approximate surface area is 197 Å². The monoisotopic (exact) mass is 466 g/mol. The first kappa shape index (κ1) is 22.1. The molecule has 1 saturated heterocycles. The van der Waals surface area contributed by atoms with E-state index >= 15 is 0 Å². The molecule has 3 aromatic rings. The summed E-state index contributed by atoms with van der Waals surface area (Å²) in [6.45, 7) is 4.36. The largest absolute Gasteiger partial charge is 0.495 e. The molecule has 0 radical (unpaired) electrons. The molecule has 7 nitrogen and oxygen atoms in total. The number of carbonyl (C=O) groups is 1. The Morgan fingerprint density at radius 2 is 1.94 bits per heavy atom. The second-order valence-corrected chi connectivity index (χ2v) is 10.0. The zero-order valence-electron chi connectivity index (χ0n) is 19.2. The van der Waals surface area contributed by atoms with Crippen LogP contribution in [0, 0.1) is 0 Å². The summed E-state index contributed by atoms with van der Waals surface area (Å²) >= 11 is 1.66. The van der Waals surface area contributed by atoms with Crippen LogP contribution in [0.25, 0.3) is 10.2 Å². The molecule has 1 aliphatic carbocycles. The highest BCUT2D eigenvalue weighted by molar-refractivity contribution is 7.18. The molecule has 1 unspecified atom stereocenters. The van der Waals surface area contributed by atoms with Crippen LogP contribution in [0.2, 0.25) is 0 Å². The average Bonchev–Trinajstić information content (AvgIpc) is 3.46. The molecule has 0 spiro atoms. The van der Waals surface area contributed by atoms with E-state index in [0.717, 1.165) is 67.4 Å². The van der Waals surface area contributed by atoms with Crippen molar-refractivity contribution >= 4 is 33.1 Å². The van der Waals surface area contributed by atoms with E-state index < -0.39 is 6.04 Å². The molecule has 1 amide bonds. The van der Waals surface area contributed by atoms with Crippen molar-refractivity contribution in [3.05, 3.63) is 50.9 Å². The maximum absolute atomic E-state index is 13.9. The Kier molecular flexibility index (Phi) is 6.21. The number of aromatic nitrogens is 2. The molecule has 1 atom stereocenters. The van der Waals surface area contributed by atoms with Crippen molar-refractivity contribution in [1.29, 1.82) is 0 Å². The Morgan fingerprint density at radius 1 is 1.18 bits per heavy atom. The van der Waals surface area contributed by atoms with Gasteiger partial charge in [-0.25, -0.2) is 4.98 Å². The summed E-state index contributed by atoms with van der Waals surface area (Å²) in [5.74, 6) is 1.01. The predicted molar refractivity (Wildman–Crippen MR) is 131 cm³/mol. The van der Waals surface area contributed by atoms with E-state index in [0.29, 0.717) is 23.8 Å². The summed E-state index contributed by atoms with van der Waals surface area (Å²) < 4.78 is 7.01. The number of nitrogens with one attached hydrogen (secondary N) is 1. The topological polar surface area (TPSA) is 76.5 Å². The molecule has 3 heterocycles. The number of thiophene rings is 1. The Bertz CT molecular complexity index is 1240. The van der Waals surface area contributed by atoms with Gasteiger partial charge in [-0.2, -0.15) is 0 Å². The van der Waals surface area contributed by atoms with Crippen molar-refractivity contribution in [1.82, 2.24) is 14.5 Å². The van der Waals surface area contributed by atoms with Gasteiger partial charge in [-0.1, -0.05) is 12.1 Å². The highest BCUT2D eigenvalue weighted by Crippen LogP contribution is 2.34. The highest BCUT2D eigenvalue weighted by Gasteiger charge is 2.28. The van der Waals surface area contributed by atoms with Crippen molar-refractivity contribution in [2.24, 2.45) is 0 Å². The Hall–Kier alpha value is -2.71. The molecule has 8 heteroatoms. The number of rotatable bonds is 6. The quantitative estimate of drug-likeness (QED) is 0.591. The van der Waals surface area contributed by atoms with Gasteiger partial charge < -0.3 is 10.1 Å². The molecular formula is C25H30N4O3S. The number of benzene rings is 1. The summed E-state index contributed by atoms with van der Waals surface area (Å²) in [7, 11) is 1.57. The van der Waals surface area contributed by atoms with Crippen LogP contribution in [0.1, 0.15) is 54.9 Å². The number of hydrogen-bond acceptors (Lipinski definition) is 6. The maximum atomic E-state index is 13.9. The molecule has 0 bridgehead atoms. The van der Waals surface area contributed by atoms with Gasteiger partial charge >= 0.3 is 0 Å². The summed E-state index contributed by atoms with van der Waals surface area (Å²) in [5, 5.41) is 3.67. The van der Waals surface area contributed by atoms with Crippen molar-refractivity contribution in [2.75, 3.05) is 25.5 Å². The third kappa shape index (κ3) is 4.17. The zero-order chi connectivity index (χ0) is 22.9. The van der Waals surface area contributed by atoms with E-state index in [4.69, 9.17) is 9.72 Å². The summed E-state index contributed by atoms with van der Waals surface area (Å²) in [4.78, 5) is 36.6. The predicted octanol–water partition coefficient (Wildman–Crippen LogP) is 4.14. The number of methoxy groups -OCH3 is 1. The first-order valence-electron chi connectivity index (χ1n) is 11.8. The van der Waals surface area contributed by atoms with Gasteiger partial charge in [0.2, 0.25) is 5.91 Å². The minimum Gasteiger partial charge on any atom is -0.495 e. The third-order valence-corrected chi connectivity index (χ3v) is 7.98. The van der Waals surface area contributed by atoms with E-state index in [1.807, 2.05) is 12.1 Å². The number of aryl methyl sites for hydroxylation is 2. The van der Waals surface area contributed by atoms with E-state index in [-0.39, 0.29) is 11.5 Å². The third-order valence-electron chi connectivity index (χ3n) is 6.79. The van der Waals surface area contributed by atoms with E-state index in [9.17, 15) is 9.59 Å². The number of para-hydroxylation sites is 2. The lowest BCUT2D eigenvalue weighted by molar-refractivity contribution is -0.119. The number of ether oxygens (including phenoxy) is 1. The minimum absolute atomic E-state index is 0.0868. The fourth-order valence-electron chi connectivity index (χ4n) is 5.01. The van der Waals surface area contributed by atoms with Gasteiger partial charge in [0.1, 0.15) is 22.4 Å². The molecular weight excluding hydrogens is 436 g/mol. The van der Waals surface area contributed by atoms with Crippen LogP contribution in [-0.4, -0.2) is 40.6 Å². The molecule has 2 aromatic heterocycles. The number of fused-ring (bicyclic) bond motifs is 3. The Balaban J connectivity index is 1.57. The zero-order valence-corrected chi connectivity index (χ0v) is 20.0. The van der Waals surface area contributed by atoms with Gasteiger partial charge in [-0.15, -0.1) is 11.3 Å². The van der Waals surface area contributed by atoms with Gasteiger partial charge in [0.25, 0.3) is 5.56 Å². The number of hydrogen-bond donors (Lipinski definition) is 1. The fourth-order valence-corrected chi connectivity index (χ4v) is 6.28. The highest BCUT2D eigenvalue weighted by atomic mass is 32.1. The lowest BCUT2D eigenvalue weighted by Gasteiger charge is -2.22. The number of amides is 1. The van der Waals surface area contributed by atoms with E-state index in [1.54, 1.807) is 42.1 Å². The van der Waals surface area contributed by atoms with Crippen LogP contribution in [0.5, 0.6) is 5.75 Å². The van der Waals surface area contributed by atoms with Crippen molar-refractivity contribution < 1.29 is 9.53 Å². The minimum atomic E-state index is -0.698. The van der Waals surface area contributed by atoms with Gasteiger partial charge in [-0.3, -0.25) is 19.1 Å². The molecule has 1 N–H and O–H groups in total. The normalized spacial score (nSPS) is 17.2. The second kappa shape index (κ2) is 9.27. The van der Waals surface area contributed by atoms with Crippen LogP contribution in [-0.2, 0) is 24.2 Å². The van der Waals surface area contributed by atoms with Gasteiger partial charge in [0, 0.05) is 4.88 Å². The first-order valence-corrected chi connectivity index (χ1v) is 12.6. The molecule has 1 aliphatic heterocycles. The van der Waals surface area contributed by atoms with Crippen LogP contribution in [0.3, 0.4) is 0 Å². The van der Waals surface area contributed by atoms with Gasteiger partial charge in [0.15, 0.2) is 0 Å². The first-order chi connectivity index (χ1) is 16.1. The SMILES string of the molecule is COc1ccccc1NC(=O)C(C)n1c(CN2CCCC2)nc2sc3c(c2c1=O)CCCC3. The molecule has 1 fully saturated rings. The number of carbonyl (C=O) groups excluding carboxylic acids is 1. The second-order valence-electron chi connectivity index (χ2n) is 8.94. The van der Waals surface area contributed by atoms with Crippen LogP contribution < -0.4 is 15.6 Å². The summed E-state index contributed by atoms with van der Waals surface area (Å²) in [6, 6.07) is 6.61. The molecule has 0 saturated carbocycles. The van der Waals surface area contributed by atoms with E-state index in [1.165, 1.54) is 4.88 Å². The smallest absolute Gasteiger partial charge is 0.263 e. The fraction of sp³-hybridized carbons (Fsp3) is 0.480. The van der Waals surface area contributed by atoms with Crippen LogP contribution >= 0.6 is 11.3 Å². The van der Waals surface area contributed by atoms with Crippen molar-refractivity contribution in [2.45, 2.75) is 58.0 Å². The van der Waals surface area contributed by atoms with Crippen molar-refractivity contribution in [3.8, 4) is 5.75 Å². The molecule has 33 heavy (non-hydrogen) atoms. The summed E-state index contributed by atoms with van der Waals surface area (Å²) in [6.07, 6.45) is 6.50. The number of likely N-dealkylation sites (tertiary alicyclic amines) is 1. The maximum Gasteiger partial charge on any atom is 0.263 e. The lowest BCUT2D eigenvalue weighted by atomic mass is 9.97. The lowest BCUT2D eigenvalue weighted by Crippen LogP contribution is -2.36.